The Balaban J connectivity index is 1.86. The van der Waals surface area contributed by atoms with Crippen molar-refractivity contribution in [2.24, 2.45) is 17.8 Å². The van der Waals surface area contributed by atoms with E-state index < -0.39 is 0 Å². The van der Waals surface area contributed by atoms with Crippen molar-refractivity contribution >= 4 is 5.91 Å². The molecule has 1 fully saturated rings. The number of carbonyl (C=O) groups excluding carboxylic acids is 1. The smallest absolute Gasteiger partial charge is 0.226 e. The zero-order chi connectivity index (χ0) is 14.5. The Morgan fingerprint density at radius 2 is 2.20 bits per heavy atom. The maximum Gasteiger partial charge on any atom is 0.226 e. The summed E-state index contributed by atoms with van der Waals surface area (Å²) in [6.45, 7) is 9.69. The van der Waals surface area contributed by atoms with Crippen LogP contribution in [-0.2, 0) is 4.79 Å². The summed E-state index contributed by atoms with van der Waals surface area (Å²) in [4.78, 5) is 14.0. The molecule has 0 heterocycles. The van der Waals surface area contributed by atoms with Crippen LogP contribution in [0.2, 0.25) is 0 Å². The Kier molecular flexibility index (Phi) is 5.22. The highest BCUT2D eigenvalue weighted by atomic mass is 16.2. The first-order valence-electron chi connectivity index (χ1n) is 7.83. The summed E-state index contributed by atoms with van der Waals surface area (Å²) in [5, 5.41) is 0. The molecule has 0 aromatic heterocycles. The highest BCUT2D eigenvalue weighted by Crippen LogP contribution is 2.31. The molecule has 0 aromatic carbocycles. The van der Waals surface area contributed by atoms with Gasteiger partial charge in [-0.25, -0.2) is 0 Å². The van der Waals surface area contributed by atoms with Gasteiger partial charge < -0.3 is 4.90 Å². The van der Waals surface area contributed by atoms with E-state index in [9.17, 15) is 4.79 Å². The average molecular weight is 273 g/mol. The van der Waals surface area contributed by atoms with E-state index in [1.165, 1.54) is 12.0 Å². The van der Waals surface area contributed by atoms with Crippen LogP contribution in [0.5, 0.6) is 0 Å². The molecule has 0 spiro atoms. The molecule has 2 aliphatic rings. The number of carbonyl (C=O) groups is 1. The molecular weight excluding hydrogens is 246 g/mol. The van der Waals surface area contributed by atoms with Crippen LogP contribution < -0.4 is 0 Å². The minimum absolute atomic E-state index is 0.294. The Hall–Kier alpha value is -1.31. The minimum Gasteiger partial charge on any atom is -0.335 e. The number of nitrogens with zero attached hydrogens (tertiary/aromatic N) is 1. The van der Waals surface area contributed by atoms with Gasteiger partial charge in [0.05, 0.1) is 0 Å². The second-order valence-corrected chi connectivity index (χ2v) is 6.37. The van der Waals surface area contributed by atoms with Crippen LogP contribution in [0, 0.1) is 17.8 Å². The van der Waals surface area contributed by atoms with Gasteiger partial charge in [0.15, 0.2) is 0 Å². The largest absolute Gasteiger partial charge is 0.335 e. The lowest BCUT2D eigenvalue weighted by atomic mass is 9.81. The van der Waals surface area contributed by atoms with Crippen molar-refractivity contribution in [1.82, 2.24) is 4.90 Å². The number of hydrogen-bond acceptors (Lipinski definition) is 1. The number of allylic oxidation sites excluding steroid dienone is 3. The third-order valence-corrected chi connectivity index (χ3v) is 4.41. The molecule has 2 unspecified atom stereocenters. The molecule has 20 heavy (non-hydrogen) atoms. The Labute approximate surface area is 123 Å². The second-order valence-electron chi connectivity index (χ2n) is 6.37. The zero-order valence-electron chi connectivity index (χ0n) is 12.8. The van der Waals surface area contributed by atoms with Crippen LogP contribution in [0.4, 0.5) is 0 Å². The molecule has 110 valence electrons. The van der Waals surface area contributed by atoms with E-state index in [4.69, 9.17) is 0 Å². The minimum atomic E-state index is 0.294. The fourth-order valence-electron chi connectivity index (χ4n) is 2.94. The van der Waals surface area contributed by atoms with Crippen LogP contribution in [0.25, 0.3) is 0 Å². The maximum absolute atomic E-state index is 12.1. The summed E-state index contributed by atoms with van der Waals surface area (Å²) >= 11 is 0. The molecule has 0 saturated heterocycles. The predicted molar refractivity (Wildman–Crippen MR) is 84.3 cm³/mol. The number of rotatable bonds is 6. The first kappa shape index (κ1) is 15.1. The SMILES string of the molecule is C=CCN(CC=CC1CC=C(C)CC1C)C(=O)C1CC1. The predicted octanol–water partition coefficient (Wildman–Crippen LogP) is 3.96. The molecular formula is C18H27NO. The normalized spacial score (nSPS) is 26.4. The summed E-state index contributed by atoms with van der Waals surface area (Å²) in [6.07, 6.45) is 13.1. The molecule has 2 nitrogen and oxygen atoms in total. The van der Waals surface area contributed by atoms with Gasteiger partial charge in [-0.05, 0) is 44.4 Å². The van der Waals surface area contributed by atoms with Gasteiger partial charge in [-0.1, -0.05) is 36.8 Å². The van der Waals surface area contributed by atoms with Crippen molar-refractivity contribution in [3.05, 3.63) is 36.5 Å². The van der Waals surface area contributed by atoms with Gasteiger partial charge in [0.2, 0.25) is 5.91 Å². The molecule has 2 rings (SSSR count). The average Bonchev–Trinajstić information content (AvgIpc) is 3.23. The maximum atomic E-state index is 12.1. The van der Waals surface area contributed by atoms with Gasteiger partial charge in [0, 0.05) is 19.0 Å². The molecule has 1 amide bonds. The molecule has 0 bridgehead atoms. The van der Waals surface area contributed by atoms with E-state index in [0.29, 0.717) is 30.2 Å². The fourth-order valence-corrected chi connectivity index (χ4v) is 2.94. The molecule has 0 aliphatic heterocycles. The first-order valence-corrected chi connectivity index (χ1v) is 7.83. The van der Waals surface area contributed by atoms with Crippen LogP contribution in [0.1, 0.15) is 39.5 Å². The van der Waals surface area contributed by atoms with Crippen molar-refractivity contribution in [3.63, 3.8) is 0 Å². The van der Waals surface area contributed by atoms with Crippen molar-refractivity contribution in [1.29, 1.82) is 0 Å². The van der Waals surface area contributed by atoms with Gasteiger partial charge in [-0.3, -0.25) is 4.79 Å². The standard InChI is InChI=1S/C18H27NO/c1-4-11-19(18(20)17-9-10-17)12-5-6-16-8-7-14(2)13-15(16)3/h4-7,15-17H,1,8-13H2,2-3H3. The van der Waals surface area contributed by atoms with E-state index in [0.717, 1.165) is 25.8 Å². The van der Waals surface area contributed by atoms with Gasteiger partial charge in [0.1, 0.15) is 0 Å². The van der Waals surface area contributed by atoms with E-state index in [1.54, 1.807) is 0 Å². The first-order chi connectivity index (χ1) is 9.61. The molecule has 0 radical (unpaired) electrons. The zero-order valence-corrected chi connectivity index (χ0v) is 12.8. The third kappa shape index (κ3) is 4.09. The fraction of sp³-hybridized carbons (Fsp3) is 0.611. The molecule has 1 saturated carbocycles. The Morgan fingerprint density at radius 1 is 1.45 bits per heavy atom. The van der Waals surface area contributed by atoms with Crippen LogP contribution in [-0.4, -0.2) is 23.9 Å². The highest BCUT2D eigenvalue weighted by molar-refractivity contribution is 5.81. The summed E-state index contributed by atoms with van der Waals surface area (Å²) in [7, 11) is 0. The monoisotopic (exact) mass is 273 g/mol. The van der Waals surface area contributed by atoms with E-state index in [-0.39, 0.29) is 0 Å². The number of amides is 1. The van der Waals surface area contributed by atoms with Crippen molar-refractivity contribution < 1.29 is 4.79 Å². The molecule has 0 aromatic rings. The summed E-state index contributed by atoms with van der Waals surface area (Å²) < 4.78 is 0. The van der Waals surface area contributed by atoms with E-state index in [2.05, 4.69) is 38.7 Å². The van der Waals surface area contributed by atoms with E-state index in [1.807, 2.05) is 11.0 Å². The van der Waals surface area contributed by atoms with Crippen molar-refractivity contribution in [2.75, 3.05) is 13.1 Å². The Bertz CT molecular complexity index is 417. The molecule has 2 atom stereocenters. The molecule has 0 N–H and O–H groups in total. The van der Waals surface area contributed by atoms with Crippen LogP contribution >= 0.6 is 0 Å². The van der Waals surface area contributed by atoms with Gasteiger partial charge in [-0.2, -0.15) is 0 Å². The van der Waals surface area contributed by atoms with Gasteiger partial charge in [-0.15, -0.1) is 6.58 Å². The van der Waals surface area contributed by atoms with Crippen molar-refractivity contribution in [3.8, 4) is 0 Å². The lowest BCUT2D eigenvalue weighted by Gasteiger charge is -2.25. The number of hydrogen-bond donors (Lipinski definition) is 0. The van der Waals surface area contributed by atoms with Crippen LogP contribution in [0.3, 0.4) is 0 Å². The lowest BCUT2D eigenvalue weighted by Crippen LogP contribution is -2.32. The summed E-state index contributed by atoms with van der Waals surface area (Å²) in [5.74, 6) is 1.94. The van der Waals surface area contributed by atoms with Crippen molar-refractivity contribution in [2.45, 2.75) is 39.5 Å². The molecule has 2 heteroatoms. The third-order valence-electron chi connectivity index (χ3n) is 4.41. The van der Waals surface area contributed by atoms with Crippen LogP contribution in [0.15, 0.2) is 36.5 Å². The van der Waals surface area contributed by atoms with Gasteiger partial charge in [0.25, 0.3) is 0 Å². The molecule has 2 aliphatic carbocycles. The summed E-state index contributed by atoms with van der Waals surface area (Å²) in [5.41, 5.74) is 1.51. The topological polar surface area (TPSA) is 20.3 Å². The summed E-state index contributed by atoms with van der Waals surface area (Å²) in [6, 6.07) is 0. The quantitative estimate of drug-likeness (QED) is 0.671. The Morgan fingerprint density at radius 3 is 2.80 bits per heavy atom. The second kappa shape index (κ2) is 6.92. The van der Waals surface area contributed by atoms with E-state index >= 15 is 0 Å². The van der Waals surface area contributed by atoms with Gasteiger partial charge >= 0.3 is 0 Å². The highest BCUT2D eigenvalue weighted by Gasteiger charge is 2.32. The lowest BCUT2D eigenvalue weighted by molar-refractivity contribution is -0.131.